The van der Waals surface area contributed by atoms with Gasteiger partial charge in [-0.3, -0.25) is 4.98 Å². The lowest BCUT2D eigenvalue weighted by Crippen LogP contribution is -2.22. The van der Waals surface area contributed by atoms with Crippen molar-refractivity contribution in [1.29, 1.82) is 0 Å². The van der Waals surface area contributed by atoms with Crippen molar-refractivity contribution in [3.63, 3.8) is 0 Å². The molecule has 0 aromatic carbocycles. The van der Waals surface area contributed by atoms with E-state index in [0.717, 1.165) is 5.56 Å². The summed E-state index contributed by atoms with van der Waals surface area (Å²) in [6, 6.07) is 3.67. The van der Waals surface area contributed by atoms with Gasteiger partial charge in [-0.25, -0.2) is 8.42 Å². The number of pyridine rings is 1. The van der Waals surface area contributed by atoms with Gasteiger partial charge in [-0.1, -0.05) is 6.07 Å². The van der Waals surface area contributed by atoms with E-state index in [-0.39, 0.29) is 17.5 Å². The summed E-state index contributed by atoms with van der Waals surface area (Å²) in [5.74, 6) is 1.22. The molecule has 1 aliphatic rings. The Morgan fingerprint density at radius 2 is 2.23 bits per heavy atom. The average molecular weight is 320 g/mol. The molecule has 1 fully saturated rings. The monoisotopic (exact) mass is 320 g/mol. The van der Waals surface area contributed by atoms with Crippen molar-refractivity contribution >= 4 is 21.6 Å². The summed E-state index contributed by atoms with van der Waals surface area (Å²) in [5, 5.41) is 13.9. The van der Waals surface area contributed by atoms with Crippen LogP contribution in [0.3, 0.4) is 0 Å². The van der Waals surface area contributed by atoms with Gasteiger partial charge in [0.25, 0.3) is 0 Å². The molecule has 116 valence electrons. The van der Waals surface area contributed by atoms with Gasteiger partial charge in [-0.2, -0.15) is 10.1 Å². The number of hydrogen-bond acceptors (Lipinski definition) is 8. The zero-order chi connectivity index (χ0) is 15.4. The van der Waals surface area contributed by atoms with Crippen LogP contribution in [0.4, 0.5) is 11.8 Å². The number of nitrogens with one attached hydrogen (secondary N) is 2. The van der Waals surface area contributed by atoms with Crippen molar-refractivity contribution in [2.75, 3.05) is 22.1 Å². The number of rotatable bonds is 5. The normalized spacial score (nSPS) is 19.7. The van der Waals surface area contributed by atoms with E-state index in [1.54, 1.807) is 12.4 Å². The quantitative estimate of drug-likeness (QED) is 0.818. The van der Waals surface area contributed by atoms with E-state index in [2.05, 4.69) is 30.8 Å². The van der Waals surface area contributed by atoms with E-state index in [9.17, 15) is 8.42 Å². The van der Waals surface area contributed by atoms with Crippen molar-refractivity contribution in [2.45, 2.75) is 19.0 Å². The number of anilines is 2. The fraction of sp³-hybridized carbons (Fsp3) is 0.385. The summed E-state index contributed by atoms with van der Waals surface area (Å²) in [7, 11) is -2.93. The third-order valence-electron chi connectivity index (χ3n) is 3.32. The first kappa shape index (κ1) is 14.6. The molecule has 0 amide bonds. The maximum atomic E-state index is 11.4. The molecule has 1 saturated heterocycles. The van der Waals surface area contributed by atoms with Crippen molar-refractivity contribution in [1.82, 2.24) is 20.2 Å². The minimum atomic E-state index is -2.93. The van der Waals surface area contributed by atoms with E-state index in [4.69, 9.17) is 0 Å². The molecule has 0 spiro atoms. The van der Waals surface area contributed by atoms with Crippen LogP contribution in [-0.2, 0) is 16.4 Å². The van der Waals surface area contributed by atoms with E-state index in [0.29, 0.717) is 24.7 Å². The second-order valence-corrected chi connectivity index (χ2v) is 7.35. The first-order valence-electron chi connectivity index (χ1n) is 6.90. The smallest absolute Gasteiger partial charge is 0.244 e. The predicted molar refractivity (Wildman–Crippen MR) is 82.1 cm³/mol. The molecule has 0 radical (unpaired) electrons. The van der Waals surface area contributed by atoms with E-state index >= 15 is 0 Å². The van der Waals surface area contributed by atoms with Crippen LogP contribution < -0.4 is 10.6 Å². The topological polar surface area (TPSA) is 110 Å². The van der Waals surface area contributed by atoms with Crippen LogP contribution >= 0.6 is 0 Å². The second-order valence-electron chi connectivity index (χ2n) is 5.12. The predicted octanol–water partition coefficient (Wildman–Crippen LogP) is 0.478. The Hall–Kier alpha value is -2.29. The summed E-state index contributed by atoms with van der Waals surface area (Å²) in [5.41, 5.74) is 1.03. The maximum Gasteiger partial charge on any atom is 0.244 e. The molecule has 3 heterocycles. The highest BCUT2D eigenvalue weighted by Crippen LogP contribution is 2.15. The minimum absolute atomic E-state index is 0.115. The molecule has 0 bridgehead atoms. The summed E-state index contributed by atoms with van der Waals surface area (Å²) in [4.78, 5) is 8.33. The fourth-order valence-corrected chi connectivity index (χ4v) is 3.91. The lowest BCUT2D eigenvalue weighted by atomic mass is 10.3. The van der Waals surface area contributed by atoms with Gasteiger partial charge in [0.2, 0.25) is 5.95 Å². The average Bonchev–Trinajstić information content (AvgIpc) is 2.85. The Labute approximate surface area is 128 Å². The number of hydrogen-bond donors (Lipinski definition) is 2. The highest BCUT2D eigenvalue weighted by molar-refractivity contribution is 7.91. The molecule has 9 heteroatoms. The van der Waals surface area contributed by atoms with Crippen molar-refractivity contribution in [3.05, 3.63) is 36.3 Å². The largest absolute Gasteiger partial charge is 0.364 e. The third kappa shape index (κ3) is 3.88. The molecule has 22 heavy (non-hydrogen) atoms. The lowest BCUT2D eigenvalue weighted by Gasteiger charge is -2.11. The van der Waals surface area contributed by atoms with Crippen LogP contribution in [0.1, 0.15) is 12.0 Å². The fourth-order valence-electron chi connectivity index (χ4n) is 2.24. The molecule has 2 aromatic rings. The first-order chi connectivity index (χ1) is 10.6. The molecule has 2 aromatic heterocycles. The molecule has 2 N–H and O–H groups in total. The van der Waals surface area contributed by atoms with E-state index in [1.807, 2.05) is 12.1 Å². The summed E-state index contributed by atoms with van der Waals surface area (Å²) >= 11 is 0. The van der Waals surface area contributed by atoms with Crippen molar-refractivity contribution in [3.8, 4) is 0 Å². The molecule has 0 aliphatic carbocycles. The van der Waals surface area contributed by atoms with Crippen LogP contribution in [0.25, 0.3) is 0 Å². The second kappa shape index (κ2) is 6.22. The molecule has 1 aliphatic heterocycles. The summed E-state index contributed by atoms with van der Waals surface area (Å²) in [6.45, 7) is 0.573. The standard InChI is InChI=1S/C13H16N6O2S/c20-22(21)5-3-11(9-22)17-13-18-12(8-16-19-13)15-7-10-2-1-4-14-6-10/h1-2,4,6,8,11H,3,5,7,9H2,(H2,15,17,18,19). The zero-order valence-corrected chi connectivity index (χ0v) is 12.6. The highest BCUT2D eigenvalue weighted by Gasteiger charge is 2.28. The summed E-state index contributed by atoms with van der Waals surface area (Å²) in [6.07, 6.45) is 5.57. The van der Waals surface area contributed by atoms with Crippen LogP contribution in [0.15, 0.2) is 30.7 Å². The van der Waals surface area contributed by atoms with Gasteiger partial charge in [-0.05, 0) is 18.1 Å². The van der Waals surface area contributed by atoms with Gasteiger partial charge in [0, 0.05) is 25.0 Å². The molecular formula is C13H16N6O2S. The zero-order valence-electron chi connectivity index (χ0n) is 11.8. The minimum Gasteiger partial charge on any atom is -0.364 e. The van der Waals surface area contributed by atoms with Crippen molar-refractivity contribution in [2.24, 2.45) is 0 Å². The third-order valence-corrected chi connectivity index (χ3v) is 5.09. The number of sulfone groups is 1. The SMILES string of the molecule is O=S1(=O)CCC(Nc2nncc(NCc3cccnc3)n2)C1. The van der Waals surface area contributed by atoms with Gasteiger partial charge < -0.3 is 10.6 Å². The molecule has 8 nitrogen and oxygen atoms in total. The summed E-state index contributed by atoms with van der Waals surface area (Å²) < 4.78 is 22.9. The maximum absolute atomic E-state index is 11.4. The van der Waals surface area contributed by atoms with Gasteiger partial charge in [0.1, 0.15) is 0 Å². The van der Waals surface area contributed by atoms with Crippen LogP contribution in [0, 0.1) is 0 Å². The Morgan fingerprint density at radius 1 is 1.32 bits per heavy atom. The van der Waals surface area contributed by atoms with E-state index < -0.39 is 9.84 Å². The Kier molecular flexibility index (Phi) is 4.14. The van der Waals surface area contributed by atoms with E-state index in [1.165, 1.54) is 6.20 Å². The molecule has 1 unspecified atom stereocenters. The molecule has 3 rings (SSSR count). The highest BCUT2D eigenvalue weighted by atomic mass is 32.2. The molecule has 1 atom stereocenters. The number of aromatic nitrogens is 4. The van der Waals surface area contributed by atoms with Gasteiger partial charge in [0.05, 0.1) is 17.7 Å². The lowest BCUT2D eigenvalue weighted by molar-refractivity contribution is 0.602. The van der Waals surface area contributed by atoms with Crippen molar-refractivity contribution < 1.29 is 8.42 Å². The van der Waals surface area contributed by atoms with Crippen LogP contribution in [-0.4, -0.2) is 46.1 Å². The Balaban J connectivity index is 1.60. The molecule has 0 saturated carbocycles. The van der Waals surface area contributed by atoms with Crippen LogP contribution in [0.2, 0.25) is 0 Å². The molecular weight excluding hydrogens is 304 g/mol. The number of nitrogens with zero attached hydrogens (tertiary/aromatic N) is 4. The van der Waals surface area contributed by atoms with Gasteiger partial charge in [0.15, 0.2) is 15.7 Å². The van der Waals surface area contributed by atoms with Gasteiger partial charge in [-0.15, -0.1) is 5.10 Å². The Morgan fingerprint density at radius 3 is 2.95 bits per heavy atom. The Bertz CT molecular complexity index is 737. The first-order valence-corrected chi connectivity index (χ1v) is 8.72. The van der Waals surface area contributed by atoms with Crippen LogP contribution in [0.5, 0.6) is 0 Å². The van der Waals surface area contributed by atoms with Gasteiger partial charge >= 0.3 is 0 Å².